The zero-order valence-corrected chi connectivity index (χ0v) is 20.2. The van der Waals surface area contributed by atoms with Crippen LogP contribution in [0.4, 0.5) is 0 Å². The summed E-state index contributed by atoms with van der Waals surface area (Å²) < 4.78 is 20.0. The third-order valence-electron chi connectivity index (χ3n) is 4.53. The van der Waals surface area contributed by atoms with E-state index in [1.165, 1.54) is 6.92 Å². The van der Waals surface area contributed by atoms with Gasteiger partial charge in [0.25, 0.3) is 0 Å². The van der Waals surface area contributed by atoms with E-state index in [4.69, 9.17) is 14.2 Å². The molecule has 0 spiro atoms. The van der Waals surface area contributed by atoms with Gasteiger partial charge in [0, 0.05) is 0 Å². The van der Waals surface area contributed by atoms with Crippen LogP contribution in [0.1, 0.15) is 12.5 Å². The van der Waals surface area contributed by atoms with Crippen molar-refractivity contribution < 1.29 is 19.0 Å². The second-order valence-corrected chi connectivity index (χ2v) is 10.00. The number of alkyl halides is 1. The van der Waals surface area contributed by atoms with Crippen molar-refractivity contribution in [3.8, 4) is 0 Å². The van der Waals surface area contributed by atoms with Gasteiger partial charge in [0.2, 0.25) is 0 Å². The molecule has 1 heterocycles. The third kappa shape index (κ3) is 6.20. The van der Waals surface area contributed by atoms with Gasteiger partial charge in [-0.2, -0.15) is 0 Å². The van der Waals surface area contributed by atoms with E-state index >= 15 is 0 Å². The summed E-state index contributed by atoms with van der Waals surface area (Å²) >= 11 is 2.12. The van der Waals surface area contributed by atoms with Gasteiger partial charge in [0.1, 0.15) is 0 Å². The number of azide groups is 1. The summed E-state index contributed by atoms with van der Waals surface area (Å²) in [6, 6.07) is 19.0. The normalized spacial score (nSPS) is 25.9. The fourth-order valence-electron chi connectivity index (χ4n) is 3.22. The Kier molecular flexibility index (Phi) is 8.99. The SMILES string of the molecule is CC(=O)O[C@@H]1[C@@H](N=[N+]=[N-])[C@@H]([Se]c2ccccc2)O[C@H](CI)[C@H]1OCc1ccccc1. The van der Waals surface area contributed by atoms with Crippen molar-refractivity contribution in [1.82, 2.24) is 0 Å². The van der Waals surface area contributed by atoms with Gasteiger partial charge in [-0.1, -0.05) is 0 Å². The van der Waals surface area contributed by atoms with Gasteiger partial charge in [0.05, 0.1) is 0 Å². The molecule has 1 fully saturated rings. The van der Waals surface area contributed by atoms with E-state index in [2.05, 4.69) is 32.6 Å². The van der Waals surface area contributed by atoms with Gasteiger partial charge in [-0.15, -0.1) is 0 Å². The number of nitrogens with zero attached hydrogens (tertiary/aromatic N) is 3. The first-order chi connectivity index (χ1) is 14.6. The molecule has 0 aromatic heterocycles. The first-order valence-corrected chi connectivity index (χ1v) is 12.8. The van der Waals surface area contributed by atoms with E-state index in [-0.39, 0.29) is 26.1 Å². The Morgan fingerprint density at radius 2 is 1.83 bits per heavy atom. The Bertz CT molecular complexity index is 867. The molecule has 1 saturated heterocycles. The fraction of sp³-hybridized carbons (Fsp3) is 0.381. The molecule has 2 aromatic carbocycles. The number of carbonyl (C=O) groups is 1. The molecule has 0 bridgehead atoms. The molecule has 1 aliphatic rings. The summed E-state index contributed by atoms with van der Waals surface area (Å²) in [7, 11) is 0. The van der Waals surface area contributed by atoms with Crippen molar-refractivity contribution in [2.45, 2.75) is 42.9 Å². The third-order valence-corrected chi connectivity index (χ3v) is 7.85. The van der Waals surface area contributed by atoms with Gasteiger partial charge in [-0.3, -0.25) is 0 Å². The van der Waals surface area contributed by atoms with E-state index in [9.17, 15) is 10.3 Å². The Morgan fingerprint density at radius 1 is 1.17 bits per heavy atom. The molecule has 0 radical (unpaired) electrons. The molecular formula is C21H22IN3O4Se. The van der Waals surface area contributed by atoms with Crippen molar-refractivity contribution in [1.29, 1.82) is 0 Å². The molecule has 0 unspecified atom stereocenters. The van der Waals surface area contributed by atoms with Gasteiger partial charge in [-0.05, 0) is 0 Å². The van der Waals surface area contributed by atoms with E-state index in [1.807, 2.05) is 60.7 Å². The number of esters is 1. The molecule has 3 rings (SSSR count). The summed E-state index contributed by atoms with van der Waals surface area (Å²) in [5.41, 5.74) is 10.2. The molecule has 0 N–H and O–H groups in total. The monoisotopic (exact) mass is 587 g/mol. The molecule has 0 aliphatic carbocycles. The Hall–Kier alpha value is -1.61. The second-order valence-electron chi connectivity index (χ2n) is 6.66. The van der Waals surface area contributed by atoms with E-state index < -0.39 is 24.2 Å². The standard InChI is InChI=1S/C21H22IN3O4Se/c1-14(26)28-20-18(24-25-23)21(30-16-10-6-3-7-11-16)29-17(12-22)19(20)27-13-15-8-4-2-5-9-15/h2-11,17-21H,12-13H2,1H3/t17-,18-,19-,20-,21-/m1/s1. The summed E-state index contributed by atoms with van der Waals surface area (Å²) in [5.74, 6) is -0.438. The number of halogens is 1. The van der Waals surface area contributed by atoms with Crippen LogP contribution in [0.2, 0.25) is 0 Å². The Labute approximate surface area is 195 Å². The average Bonchev–Trinajstić information content (AvgIpc) is 2.76. The molecule has 0 saturated carbocycles. The minimum atomic E-state index is -0.716. The van der Waals surface area contributed by atoms with Gasteiger partial charge in [0.15, 0.2) is 0 Å². The summed E-state index contributed by atoms with van der Waals surface area (Å²) in [5, 5.41) is 3.62. The van der Waals surface area contributed by atoms with Gasteiger partial charge in [-0.25, -0.2) is 0 Å². The topological polar surface area (TPSA) is 93.5 Å². The molecule has 7 nitrogen and oxygen atoms in total. The van der Waals surface area contributed by atoms with Crippen LogP contribution in [0, 0.1) is 0 Å². The van der Waals surface area contributed by atoms with Crippen LogP contribution in [0.25, 0.3) is 10.4 Å². The van der Waals surface area contributed by atoms with E-state index in [0.717, 1.165) is 10.0 Å². The predicted molar refractivity (Wildman–Crippen MR) is 123 cm³/mol. The van der Waals surface area contributed by atoms with E-state index in [1.54, 1.807) is 0 Å². The van der Waals surface area contributed by atoms with Crippen LogP contribution in [0.5, 0.6) is 0 Å². The second kappa shape index (κ2) is 11.7. The van der Waals surface area contributed by atoms with Crippen molar-refractivity contribution in [3.05, 3.63) is 76.7 Å². The summed E-state index contributed by atoms with van der Waals surface area (Å²) in [4.78, 5) is 14.9. The number of carbonyl (C=O) groups excluding carboxylic acids is 1. The van der Waals surface area contributed by atoms with Crippen molar-refractivity contribution in [3.63, 3.8) is 0 Å². The average molecular weight is 586 g/mol. The van der Waals surface area contributed by atoms with Crippen LogP contribution in [0.3, 0.4) is 0 Å². The number of rotatable bonds is 8. The Balaban J connectivity index is 1.87. The molecule has 5 atom stereocenters. The van der Waals surface area contributed by atoms with Crippen LogP contribution >= 0.6 is 22.6 Å². The number of ether oxygens (including phenoxy) is 3. The van der Waals surface area contributed by atoms with Gasteiger partial charge >= 0.3 is 196 Å². The van der Waals surface area contributed by atoms with Crippen LogP contribution in [0.15, 0.2) is 65.8 Å². The first-order valence-electron chi connectivity index (χ1n) is 9.42. The molecular weight excluding hydrogens is 564 g/mol. The molecule has 30 heavy (non-hydrogen) atoms. The van der Waals surface area contributed by atoms with Crippen molar-refractivity contribution in [2.75, 3.05) is 4.43 Å². The van der Waals surface area contributed by atoms with Crippen LogP contribution in [-0.2, 0) is 25.6 Å². The number of hydrogen-bond donors (Lipinski definition) is 0. The van der Waals surface area contributed by atoms with Gasteiger partial charge < -0.3 is 0 Å². The summed E-state index contributed by atoms with van der Waals surface area (Å²) in [6.07, 6.45) is -1.55. The quantitative estimate of drug-likeness (QED) is 0.0903. The molecule has 158 valence electrons. The zero-order chi connectivity index (χ0) is 21.3. The zero-order valence-electron chi connectivity index (χ0n) is 16.3. The van der Waals surface area contributed by atoms with Crippen LogP contribution in [-0.4, -0.2) is 54.7 Å². The van der Waals surface area contributed by atoms with E-state index in [0.29, 0.717) is 11.0 Å². The minimum absolute atomic E-state index is 0.132. The molecule has 9 heteroatoms. The molecule has 0 amide bonds. The predicted octanol–water partition coefficient (Wildman–Crippen LogP) is 3.37. The summed E-state index contributed by atoms with van der Waals surface area (Å²) in [6.45, 7) is 1.70. The Morgan fingerprint density at radius 3 is 2.43 bits per heavy atom. The van der Waals surface area contributed by atoms with Crippen molar-refractivity contribution >= 4 is 48.0 Å². The first kappa shape index (κ1) is 23.1. The van der Waals surface area contributed by atoms with Crippen molar-refractivity contribution in [2.24, 2.45) is 5.11 Å². The van der Waals surface area contributed by atoms with Crippen LogP contribution < -0.4 is 4.46 Å². The number of benzene rings is 2. The maximum absolute atomic E-state index is 11.9. The maximum atomic E-state index is 11.9. The number of hydrogen-bond acceptors (Lipinski definition) is 5. The fourth-order valence-corrected chi connectivity index (χ4v) is 6.30. The molecule has 2 aromatic rings. The molecule has 1 aliphatic heterocycles.